The van der Waals surface area contributed by atoms with Crippen molar-refractivity contribution in [1.82, 2.24) is 25.9 Å². The fourth-order valence-corrected chi connectivity index (χ4v) is 2.85. The molecule has 0 fully saturated rings. The molecule has 1 atom stereocenters. The second-order valence-corrected chi connectivity index (χ2v) is 6.59. The number of alkyl halides is 3. The van der Waals surface area contributed by atoms with Crippen molar-refractivity contribution < 1.29 is 22.8 Å². The second-order valence-electron chi connectivity index (χ2n) is 6.59. The van der Waals surface area contributed by atoms with Gasteiger partial charge >= 0.3 is 12.2 Å². The van der Waals surface area contributed by atoms with Gasteiger partial charge in [0.1, 0.15) is 11.7 Å². The minimum absolute atomic E-state index is 0.137. The van der Waals surface area contributed by atoms with Gasteiger partial charge in [0.05, 0.1) is 11.3 Å². The first-order chi connectivity index (χ1) is 14.8. The third-order valence-electron chi connectivity index (χ3n) is 4.43. The van der Waals surface area contributed by atoms with Crippen molar-refractivity contribution in [2.24, 2.45) is 0 Å². The van der Waals surface area contributed by atoms with Gasteiger partial charge in [0.25, 0.3) is 5.91 Å². The van der Waals surface area contributed by atoms with Gasteiger partial charge in [-0.15, -0.1) is 0 Å². The first-order valence-corrected chi connectivity index (χ1v) is 9.43. The van der Waals surface area contributed by atoms with Gasteiger partial charge in [-0.2, -0.15) is 18.3 Å². The normalized spacial score (nSPS) is 12.1. The Morgan fingerprint density at radius 2 is 1.61 bits per heavy atom. The molecule has 2 aromatic carbocycles. The number of carbonyl (C=O) groups is 2. The van der Waals surface area contributed by atoms with E-state index < -0.39 is 24.2 Å². The van der Waals surface area contributed by atoms with Crippen LogP contribution in [0.5, 0.6) is 0 Å². The van der Waals surface area contributed by atoms with E-state index in [1.54, 1.807) is 41.7 Å². The van der Waals surface area contributed by atoms with Crippen molar-refractivity contribution in [3.63, 3.8) is 0 Å². The van der Waals surface area contributed by atoms with Crippen LogP contribution in [0.4, 0.5) is 18.0 Å². The van der Waals surface area contributed by atoms with Crippen LogP contribution in [0, 0.1) is 0 Å². The number of hydrogen-bond acceptors (Lipinski definition) is 3. The van der Waals surface area contributed by atoms with E-state index in [1.807, 2.05) is 29.7 Å². The summed E-state index contributed by atoms with van der Waals surface area (Å²) in [5.74, 6) is -0.726. The predicted octanol–water partition coefficient (Wildman–Crippen LogP) is 3.82. The Hall–Kier alpha value is -3.82. The Kier molecular flexibility index (Phi) is 6.58. The summed E-state index contributed by atoms with van der Waals surface area (Å²) in [4.78, 5) is 24.5. The molecular weight excluding hydrogens is 411 g/mol. The summed E-state index contributed by atoms with van der Waals surface area (Å²) < 4.78 is 39.9. The van der Waals surface area contributed by atoms with Gasteiger partial charge in [-0.3, -0.25) is 10.2 Å². The molecule has 3 amide bonds. The van der Waals surface area contributed by atoms with Crippen LogP contribution < -0.4 is 16.2 Å². The summed E-state index contributed by atoms with van der Waals surface area (Å²) >= 11 is 0. The zero-order valence-electron chi connectivity index (χ0n) is 16.5. The molecule has 3 N–H and O–H groups in total. The van der Waals surface area contributed by atoms with Crippen molar-refractivity contribution in [2.75, 3.05) is 0 Å². The van der Waals surface area contributed by atoms with Gasteiger partial charge in [0.15, 0.2) is 0 Å². The van der Waals surface area contributed by atoms with Crippen LogP contribution >= 0.6 is 0 Å². The van der Waals surface area contributed by atoms with Crippen molar-refractivity contribution in [3.05, 3.63) is 72.4 Å². The number of amides is 3. The van der Waals surface area contributed by atoms with E-state index in [4.69, 9.17) is 0 Å². The first-order valence-electron chi connectivity index (χ1n) is 9.43. The van der Waals surface area contributed by atoms with Gasteiger partial charge in [0, 0.05) is 11.8 Å². The average Bonchev–Trinajstić information content (AvgIpc) is 3.22. The summed E-state index contributed by atoms with van der Waals surface area (Å²) in [5.41, 5.74) is 5.95. The van der Waals surface area contributed by atoms with E-state index in [-0.39, 0.29) is 12.0 Å². The molecule has 0 aliphatic carbocycles. The molecule has 31 heavy (non-hydrogen) atoms. The van der Waals surface area contributed by atoms with Crippen LogP contribution in [-0.2, 0) is 0 Å². The van der Waals surface area contributed by atoms with E-state index in [1.165, 1.54) is 17.8 Å². The van der Waals surface area contributed by atoms with Crippen molar-refractivity contribution in [3.8, 4) is 16.9 Å². The van der Waals surface area contributed by atoms with E-state index in [2.05, 4.69) is 10.5 Å². The second kappa shape index (κ2) is 9.33. The highest BCUT2D eigenvalue weighted by molar-refractivity contribution is 6.00. The molecule has 162 valence electrons. The maximum Gasteiger partial charge on any atom is 0.408 e. The summed E-state index contributed by atoms with van der Waals surface area (Å²) in [6.45, 7) is 1.29. The fraction of sp³-hybridized carbons (Fsp3) is 0.190. The Labute approximate surface area is 176 Å². The number of nitrogens with one attached hydrogen (secondary N) is 3. The molecule has 0 saturated heterocycles. The number of hydrazine groups is 1. The third kappa shape index (κ3) is 5.41. The Morgan fingerprint density at radius 1 is 1.00 bits per heavy atom. The molecule has 1 aromatic heterocycles. The lowest BCUT2D eigenvalue weighted by Gasteiger charge is -2.20. The van der Waals surface area contributed by atoms with Crippen LogP contribution in [0.2, 0.25) is 0 Å². The minimum atomic E-state index is -4.59. The van der Waals surface area contributed by atoms with E-state index in [9.17, 15) is 22.8 Å². The smallest absolute Gasteiger partial charge is 0.325 e. The summed E-state index contributed by atoms with van der Waals surface area (Å²) in [7, 11) is 0. The highest BCUT2D eigenvalue weighted by Gasteiger charge is 2.39. The molecule has 0 aliphatic rings. The van der Waals surface area contributed by atoms with Gasteiger partial charge in [-0.25, -0.2) is 14.9 Å². The SMILES string of the molecule is CC[C@H](NC(=O)NNC(=O)c1cn(-c2ccccc2)nc1-c1ccccc1)C(F)(F)F. The van der Waals surface area contributed by atoms with E-state index >= 15 is 0 Å². The predicted molar refractivity (Wildman–Crippen MR) is 108 cm³/mol. The van der Waals surface area contributed by atoms with Crippen LogP contribution in [0.3, 0.4) is 0 Å². The summed E-state index contributed by atoms with van der Waals surface area (Å²) in [6.07, 6.45) is -3.45. The van der Waals surface area contributed by atoms with Gasteiger partial charge in [-0.05, 0) is 18.6 Å². The standard InChI is InChI=1S/C21H20F3N5O2/c1-2-17(21(22,23)24)25-20(31)27-26-19(30)16-13-29(15-11-7-4-8-12-15)28-18(16)14-9-5-3-6-10-14/h3-13,17H,2H2,1H3,(H,26,30)(H2,25,27,31)/t17-/m0/s1. The Morgan fingerprint density at radius 3 is 2.19 bits per heavy atom. The van der Waals surface area contributed by atoms with Gasteiger partial charge in [0.2, 0.25) is 0 Å². The molecule has 0 radical (unpaired) electrons. The fourth-order valence-electron chi connectivity index (χ4n) is 2.85. The molecule has 1 heterocycles. The maximum absolute atomic E-state index is 12.8. The summed E-state index contributed by atoms with van der Waals surface area (Å²) in [6, 6.07) is 14.8. The lowest BCUT2D eigenvalue weighted by atomic mass is 10.1. The number of rotatable bonds is 5. The maximum atomic E-state index is 12.8. The first kappa shape index (κ1) is 21.9. The zero-order valence-corrected chi connectivity index (χ0v) is 16.5. The molecule has 0 unspecified atom stereocenters. The molecule has 0 saturated carbocycles. The number of aromatic nitrogens is 2. The minimum Gasteiger partial charge on any atom is -0.325 e. The molecule has 3 aromatic rings. The number of nitrogens with zero attached hydrogens (tertiary/aromatic N) is 2. The molecule has 7 nitrogen and oxygen atoms in total. The molecular formula is C21H20F3N5O2. The van der Waals surface area contributed by atoms with Crippen LogP contribution in [0.1, 0.15) is 23.7 Å². The topological polar surface area (TPSA) is 88.0 Å². The lowest BCUT2D eigenvalue weighted by Crippen LogP contribution is -2.53. The van der Waals surface area contributed by atoms with Gasteiger partial charge < -0.3 is 5.32 Å². The van der Waals surface area contributed by atoms with Gasteiger partial charge in [-0.1, -0.05) is 55.5 Å². The largest absolute Gasteiger partial charge is 0.408 e. The van der Waals surface area contributed by atoms with Crippen LogP contribution in [-0.4, -0.2) is 33.9 Å². The molecule has 3 rings (SSSR count). The number of benzene rings is 2. The molecule has 0 bridgehead atoms. The molecule has 10 heteroatoms. The van der Waals surface area contributed by atoms with Crippen LogP contribution in [0.25, 0.3) is 16.9 Å². The molecule has 0 aliphatic heterocycles. The molecule has 0 spiro atoms. The quantitative estimate of drug-likeness (QED) is 0.537. The van der Waals surface area contributed by atoms with Crippen molar-refractivity contribution >= 4 is 11.9 Å². The Bertz CT molecular complexity index is 1040. The van der Waals surface area contributed by atoms with Crippen molar-refractivity contribution in [1.29, 1.82) is 0 Å². The number of carbonyl (C=O) groups excluding carboxylic acids is 2. The monoisotopic (exact) mass is 431 g/mol. The zero-order chi connectivity index (χ0) is 22.4. The third-order valence-corrected chi connectivity index (χ3v) is 4.43. The van der Waals surface area contributed by atoms with Crippen LogP contribution in [0.15, 0.2) is 66.9 Å². The highest BCUT2D eigenvalue weighted by Crippen LogP contribution is 2.24. The average molecular weight is 431 g/mol. The number of urea groups is 1. The Balaban J connectivity index is 1.80. The number of para-hydroxylation sites is 1. The number of hydrogen-bond donors (Lipinski definition) is 3. The number of halogens is 3. The highest BCUT2D eigenvalue weighted by atomic mass is 19.4. The summed E-state index contributed by atoms with van der Waals surface area (Å²) in [5, 5.41) is 6.25. The van der Waals surface area contributed by atoms with Crippen molar-refractivity contribution in [2.45, 2.75) is 25.6 Å². The van der Waals surface area contributed by atoms with E-state index in [0.717, 1.165) is 0 Å². The lowest BCUT2D eigenvalue weighted by molar-refractivity contribution is -0.153. The van der Waals surface area contributed by atoms with E-state index in [0.29, 0.717) is 16.9 Å².